The summed E-state index contributed by atoms with van der Waals surface area (Å²) in [7, 11) is 3.69. The number of amides is 1. The van der Waals surface area contributed by atoms with Gasteiger partial charge in [0.2, 0.25) is 5.91 Å². The van der Waals surface area contributed by atoms with Crippen molar-refractivity contribution in [3.05, 3.63) is 58.7 Å². The minimum atomic E-state index is -0.136. The molecule has 0 radical (unpaired) electrons. The van der Waals surface area contributed by atoms with E-state index in [9.17, 15) is 4.79 Å². The zero-order valence-electron chi connectivity index (χ0n) is 16.3. The Kier molecular flexibility index (Phi) is 5.48. The van der Waals surface area contributed by atoms with Crippen LogP contribution in [0.4, 0.5) is 5.69 Å². The molecule has 1 saturated heterocycles. The molecule has 0 spiro atoms. The summed E-state index contributed by atoms with van der Waals surface area (Å²) in [5.41, 5.74) is 4.85. The number of nitrogens with zero attached hydrogens (tertiary/aromatic N) is 3. The monoisotopic (exact) mass is 363 g/mol. The second-order valence-corrected chi connectivity index (χ2v) is 7.13. The van der Waals surface area contributed by atoms with Gasteiger partial charge in [0.25, 0.3) is 0 Å². The van der Waals surface area contributed by atoms with Gasteiger partial charge in [-0.25, -0.2) is 0 Å². The smallest absolute Gasteiger partial charge is 0.244 e. The Hall–Kier alpha value is -2.84. The van der Waals surface area contributed by atoms with Crippen LogP contribution in [0.1, 0.15) is 28.7 Å². The molecule has 5 heteroatoms. The molecular weight excluding hydrogens is 338 g/mol. The van der Waals surface area contributed by atoms with Crippen molar-refractivity contribution in [2.75, 3.05) is 25.6 Å². The maximum absolute atomic E-state index is 12.9. The predicted octanol–water partition coefficient (Wildman–Crippen LogP) is 3.42. The summed E-state index contributed by atoms with van der Waals surface area (Å²) < 4.78 is 5.44. The lowest BCUT2D eigenvalue weighted by molar-refractivity contribution is -0.121. The quantitative estimate of drug-likeness (QED) is 0.817. The van der Waals surface area contributed by atoms with Crippen LogP contribution in [0.2, 0.25) is 0 Å². The maximum atomic E-state index is 12.9. The van der Waals surface area contributed by atoms with Gasteiger partial charge in [0.1, 0.15) is 5.75 Å². The third-order valence-electron chi connectivity index (χ3n) is 5.17. The van der Waals surface area contributed by atoms with Crippen LogP contribution in [-0.4, -0.2) is 37.6 Å². The Morgan fingerprint density at radius 3 is 2.41 bits per heavy atom. The van der Waals surface area contributed by atoms with E-state index in [0.717, 1.165) is 29.0 Å². The van der Waals surface area contributed by atoms with Gasteiger partial charge in [-0.2, -0.15) is 5.26 Å². The second kappa shape index (κ2) is 7.81. The van der Waals surface area contributed by atoms with Crippen LogP contribution in [-0.2, 0) is 11.3 Å². The van der Waals surface area contributed by atoms with Crippen LogP contribution in [0.3, 0.4) is 0 Å². The molecule has 1 fully saturated rings. The summed E-state index contributed by atoms with van der Waals surface area (Å²) in [5.74, 6) is 1.04. The summed E-state index contributed by atoms with van der Waals surface area (Å²) in [6.45, 7) is 5.50. The molecule has 0 aromatic heterocycles. The van der Waals surface area contributed by atoms with Crippen molar-refractivity contribution in [1.29, 1.82) is 5.26 Å². The Bertz CT molecular complexity index is 860. The molecule has 3 rings (SSSR count). The first-order chi connectivity index (χ1) is 12.9. The molecule has 0 N–H and O–H groups in total. The molecule has 1 amide bonds. The number of carbonyl (C=O) groups is 1. The van der Waals surface area contributed by atoms with E-state index in [2.05, 4.69) is 23.1 Å². The first-order valence-electron chi connectivity index (χ1n) is 9.10. The maximum Gasteiger partial charge on any atom is 0.244 e. The first-order valence-corrected chi connectivity index (χ1v) is 9.10. The predicted molar refractivity (Wildman–Crippen MR) is 106 cm³/mol. The lowest BCUT2D eigenvalue weighted by Crippen LogP contribution is -2.39. The lowest BCUT2D eigenvalue weighted by Gasteiger charge is -2.24. The van der Waals surface area contributed by atoms with Gasteiger partial charge < -0.3 is 9.64 Å². The minimum absolute atomic E-state index is 0.115. The molecule has 0 bridgehead atoms. The van der Waals surface area contributed by atoms with Crippen molar-refractivity contribution in [2.45, 2.75) is 32.9 Å². The van der Waals surface area contributed by atoms with E-state index in [0.29, 0.717) is 18.7 Å². The van der Waals surface area contributed by atoms with Gasteiger partial charge in [0, 0.05) is 18.8 Å². The fraction of sp³-hybridized carbons (Fsp3) is 0.364. The minimum Gasteiger partial charge on any atom is -0.496 e. The summed E-state index contributed by atoms with van der Waals surface area (Å²) in [6, 6.07) is 13.4. The average molecular weight is 363 g/mol. The van der Waals surface area contributed by atoms with E-state index in [1.54, 1.807) is 19.2 Å². The van der Waals surface area contributed by atoms with E-state index < -0.39 is 0 Å². The second-order valence-electron chi connectivity index (χ2n) is 7.13. The number of rotatable bonds is 5. The number of ether oxygens (including phenoxy) is 1. The zero-order valence-corrected chi connectivity index (χ0v) is 16.3. The summed E-state index contributed by atoms with van der Waals surface area (Å²) in [4.78, 5) is 16.9. The zero-order chi connectivity index (χ0) is 19.6. The Morgan fingerprint density at radius 2 is 1.85 bits per heavy atom. The number of hydrogen-bond donors (Lipinski definition) is 0. The topological polar surface area (TPSA) is 56.6 Å². The van der Waals surface area contributed by atoms with Crippen LogP contribution in [0.5, 0.6) is 5.75 Å². The number of anilines is 1. The lowest BCUT2D eigenvalue weighted by atomic mass is 10.0. The molecule has 1 unspecified atom stereocenters. The van der Waals surface area contributed by atoms with Gasteiger partial charge in [0.05, 0.1) is 24.8 Å². The van der Waals surface area contributed by atoms with E-state index in [4.69, 9.17) is 10.00 Å². The van der Waals surface area contributed by atoms with Crippen molar-refractivity contribution in [3.8, 4) is 11.8 Å². The van der Waals surface area contributed by atoms with Crippen molar-refractivity contribution >= 4 is 11.6 Å². The highest BCUT2D eigenvalue weighted by Crippen LogP contribution is 2.27. The third kappa shape index (κ3) is 3.81. The third-order valence-corrected chi connectivity index (χ3v) is 5.17. The fourth-order valence-corrected chi connectivity index (χ4v) is 3.90. The van der Waals surface area contributed by atoms with Gasteiger partial charge in [-0.15, -0.1) is 0 Å². The Labute approximate surface area is 160 Å². The largest absolute Gasteiger partial charge is 0.496 e. The molecule has 140 valence electrons. The molecule has 1 atom stereocenters. The van der Waals surface area contributed by atoms with Gasteiger partial charge in [-0.05, 0) is 68.3 Å². The van der Waals surface area contributed by atoms with E-state index in [1.807, 2.05) is 37.9 Å². The highest BCUT2D eigenvalue weighted by atomic mass is 16.5. The number of carbonyl (C=O) groups excluding carboxylic acids is 1. The van der Waals surface area contributed by atoms with Gasteiger partial charge in [-0.1, -0.05) is 12.1 Å². The average Bonchev–Trinajstić information content (AvgIpc) is 3.03. The van der Waals surface area contributed by atoms with Crippen LogP contribution >= 0.6 is 0 Å². The first kappa shape index (κ1) is 18.9. The molecule has 2 aromatic rings. The number of nitriles is 1. The van der Waals surface area contributed by atoms with Crippen molar-refractivity contribution < 1.29 is 9.53 Å². The number of methoxy groups -OCH3 is 1. The summed E-state index contributed by atoms with van der Waals surface area (Å²) in [6.07, 6.45) is 0.795. The molecule has 2 aromatic carbocycles. The molecule has 1 heterocycles. The highest BCUT2D eigenvalue weighted by molar-refractivity contribution is 5.99. The summed E-state index contributed by atoms with van der Waals surface area (Å²) >= 11 is 0. The van der Waals surface area contributed by atoms with Crippen LogP contribution in [0, 0.1) is 25.2 Å². The van der Waals surface area contributed by atoms with Crippen LogP contribution in [0.25, 0.3) is 0 Å². The molecule has 0 aliphatic carbocycles. The summed E-state index contributed by atoms with van der Waals surface area (Å²) in [5, 5.41) is 8.93. The normalized spacial score (nSPS) is 16.7. The molecule has 27 heavy (non-hydrogen) atoms. The van der Waals surface area contributed by atoms with E-state index in [-0.39, 0.29) is 11.9 Å². The molecule has 1 aliphatic rings. The standard InChI is InChI=1S/C22H25N3O2/c1-15-11-18(12-16(2)21(15)27-4)14-24(3)20-9-10-25(22(20)26)19-7-5-17(13-23)6-8-19/h5-8,11-12,20H,9-10,14H2,1-4H3. The van der Waals surface area contributed by atoms with Crippen LogP contribution < -0.4 is 9.64 Å². The number of likely N-dealkylation sites (N-methyl/N-ethyl adjacent to an activating group) is 1. The van der Waals surface area contributed by atoms with E-state index in [1.165, 1.54) is 5.56 Å². The molecular formula is C22H25N3O2. The number of aryl methyl sites for hydroxylation is 2. The molecule has 0 saturated carbocycles. The van der Waals surface area contributed by atoms with Crippen molar-refractivity contribution in [1.82, 2.24) is 4.90 Å². The van der Waals surface area contributed by atoms with Gasteiger partial charge >= 0.3 is 0 Å². The van der Waals surface area contributed by atoms with Gasteiger partial charge in [-0.3, -0.25) is 9.69 Å². The Balaban J connectivity index is 1.72. The van der Waals surface area contributed by atoms with Gasteiger partial charge in [0.15, 0.2) is 0 Å². The fourth-order valence-electron chi connectivity index (χ4n) is 3.90. The Morgan fingerprint density at radius 1 is 1.22 bits per heavy atom. The molecule has 1 aliphatic heterocycles. The van der Waals surface area contributed by atoms with Crippen LogP contribution in [0.15, 0.2) is 36.4 Å². The number of hydrogen-bond acceptors (Lipinski definition) is 4. The highest BCUT2D eigenvalue weighted by Gasteiger charge is 2.35. The van der Waals surface area contributed by atoms with E-state index >= 15 is 0 Å². The molecule has 5 nitrogen and oxygen atoms in total. The van der Waals surface area contributed by atoms with Crippen molar-refractivity contribution in [3.63, 3.8) is 0 Å². The van der Waals surface area contributed by atoms with Crippen molar-refractivity contribution in [2.24, 2.45) is 0 Å². The number of benzene rings is 2. The SMILES string of the molecule is COc1c(C)cc(CN(C)C2CCN(c3ccc(C#N)cc3)C2=O)cc1C.